The van der Waals surface area contributed by atoms with E-state index in [0.717, 1.165) is 25.7 Å². The summed E-state index contributed by atoms with van der Waals surface area (Å²) in [7, 11) is 0. The van der Waals surface area contributed by atoms with Gasteiger partial charge in [0.25, 0.3) is 5.91 Å². The number of aliphatic carboxylic acids is 1. The first-order valence-electron chi connectivity index (χ1n) is 9.57. The molecule has 4 unspecified atom stereocenters. The summed E-state index contributed by atoms with van der Waals surface area (Å²) in [6.07, 6.45) is 0.264. The summed E-state index contributed by atoms with van der Waals surface area (Å²) in [5.74, 6) is -2.30. The van der Waals surface area contributed by atoms with E-state index in [1.165, 1.54) is 0 Å². The number of nitrogens with zero attached hydrogens (tertiary/aromatic N) is 1. The molecule has 1 aliphatic heterocycles. The second-order valence-electron chi connectivity index (χ2n) is 7.47. The van der Waals surface area contributed by atoms with Crippen LogP contribution < -0.4 is 5.32 Å². The highest BCUT2D eigenvalue weighted by Crippen LogP contribution is 2.40. The van der Waals surface area contributed by atoms with Gasteiger partial charge < -0.3 is 15.3 Å². The molecule has 6 nitrogen and oxygen atoms in total. The number of rotatable bonds is 6. The Kier molecular flexibility index (Phi) is 6.26. The number of likely N-dealkylation sites (tertiary alicyclic amines) is 1. The first-order valence-corrected chi connectivity index (χ1v) is 9.57. The second kappa shape index (κ2) is 8.67. The van der Waals surface area contributed by atoms with Gasteiger partial charge in [-0.15, -0.1) is 0 Å². The number of carboxylic acids is 1. The zero-order valence-electron chi connectivity index (χ0n) is 15.4. The Morgan fingerprint density at radius 1 is 1.14 bits per heavy atom. The van der Waals surface area contributed by atoms with Gasteiger partial charge in [0.05, 0.1) is 0 Å². The number of halogens is 2. The van der Waals surface area contributed by atoms with Gasteiger partial charge >= 0.3 is 5.97 Å². The van der Waals surface area contributed by atoms with Crippen molar-refractivity contribution in [3.05, 3.63) is 35.9 Å². The Balaban J connectivity index is 1.83. The van der Waals surface area contributed by atoms with E-state index in [9.17, 15) is 23.2 Å². The van der Waals surface area contributed by atoms with E-state index < -0.39 is 36.8 Å². The number of hydrogen-bond donors (Lipinski definition) is 2. The van der Waals surface area contributed by atoms with E-state index >= 15 is 0 Å². The van der Waals surface area contributed by atoms with Gasteiger partial charge in [0.2, 0.25) is 12.3 Å². The van der Waals surface area contributed by atoms with Gasteiger partial charge in [-0.25, -0.2) is 13.6 Å². The number of benzene rings is 1. The minimum absolute atomic E-state index is 0.0874. The van der Waals surface area contributed by atoms with Crippen LogP contribution in [0.5, 0.6) is 0 Å². The van der Waals surface area contributed by atoms with Crippen LogP contribution in [0.25, 0.3) is 0 Å². The predicted octanol–water partition coefficient (Wildman–Crippen LogP) is 2.68. The molecule has 0 radical (unpaired) electrons. The molecule has 1 heterocycles. The van der Waals surface area contributed by atoms with Crippen molar-refractivity contribution < 1.29 is 28.3 Å². The van der Waals surface area contributed by atoms with Gasteiger partial charge in [0, 0.05) is 18.0 Å². The molecule has 2 fully saturated rings. The third-order valence-electron chi connectivity index (χ3n) is 5.67. The van der Waals surface area contributed by atoms with Crippen molar-refractivity contribution in [1.82, 2.24) is 10.2 Å². The molecule has 2 N–H and O–H groups in total. The molecule has 1 aromatic rings. The fourth-order valence-corrected chi connectivity index (χ4v) is 4.38. The fraction of sp³-hybridized carbons (Fsp3) is 0.550. The van der Waals surface area contributed by atoms with Gasteiger partial charge in [-0.2, -0.15) is 0 Å². The molecule has 1 aromatic carbocycles. The number of carbonyl (C=O) groups is 3. The van der Waals surface area contributed by atoms with Crippen molar-refractivity contribution in [2.24, 2.45) is 5.92 Å². The third kappa shape index (κ3) is 4.31. The standard InChI is InChI=1S/C20H24F2N2O4/c21-17(22)11-14(20(27)28)23-18(25)16-10-13-8-4-5-9-15(13)24(16)19(26)12-6-2-1-3-7-12/h1-3,6-7,13-17H,4-5,8-11H2,(H,23,25)(H,27,28). The summed E-state index contributed by atoms with van der Waals surface area (Å²) in [6, 6.07) is 5.99. The van der Waals surface area contributed by atoms with Gasteiger partial charge in [0.1, 0.15) is 12.1 Å². The molecule has 28 heavy (non-hydrogen) atoms. The quantitative estimate of drug-likeness (QED) is 0.777. The molecule has 1 aliphatic carbocycles. The summed E-state index contributed by atoms with van der Waals surface area (Å²) in [4.78, 5) is 38.7. The number of amides is 2. The molecule has 2 amide bonds. The predicted molar refractivity (Wildman–Crippen MR) is 97.0 cm³/mol. The van der Waals surface area contributed by atoms with Crippen molar-refractivity contribution in [2.45, 2.75) is 63.1 Å². The summed E-state index contributed by atoms with van der Waals surface area (Å²) >= 11 is 0. The number of fused-ring (bicyclic) bond motifs is 1. The highest BCUT2D eigenvalue weighted by atomic mass is 19.3. The van der Waals surface area contributed by atoms with Gasteiger partial charge in [-0.1, -0.05) is 31.0 Å². The number of alkyl halides is 2. The molecule has 1 saturated heterocycles. The Morgan fingerprint density at radius 2 is 1.82 bits per heavy atom. The Morgan fingerprint density at radius 3 is 2.46 bits per heavy atom. The van der Waals surface area contributed by atoms with Crippen molar-refractivity contribution in [3.63, 3.8) is 0 Å². The van der Waals surface area contributed by atoms with E-state index in [2.05, 4.69) is 5.32 Å². The Labute approximate surface area is 161 Å². The first kappa shape index (κ1) is 20.2. The summed E-state index contributed by atoms with van der Waals surface area (Å²) in [6.45, 7) is 0. The molecule has 0 bridgehead atoms. The smallest absolute Gasteiger partial charge is 0.326 e. The van der Waals surface area contributed by atoms with E-state index in [-0.39, 0.29) is 17.9 Å². The molecule has 4 atom stereocenters. The Bertz CT molecular complexity index is 728. The molecule has 2 aliphatic rings. The van der Waals surface area contributed by atoms with Crippen molar-refractivity contribution >= 4 is 17.8 Å². The zero-order valence-corrected chi connectivity index (χ0v) is 15.4. The van der Waals surface area contributed by atoms with E-state index in [4.69, 9.17) is 5.11 Å². The van der Waals surface area contributed by atoms with E-state index in [0.29, 0.717) is 12.0 Å². The number of carboxylic acid groups (broad SMARTS) is 1. The topological polar surface area (TPSA) is 86.7 Å². The molecule has 0 spiro atoms. The maximum absolute atomic E-state index is 13.1. The molecular weight excluding hydrogens is 370 g/mol. The van der Waals surface area contributed by atoms with Crippen molar-refractivity contribution in [3.8, 4) is 0 Å². The monoisotopic (exact) mass is 394 g/mol. The fourth-order valence-electron chi connectivity index (χ4n) is 4.38. The minimum atomic E-state index is -2.85. The largest absolute Gasteiger partial charge is 0.480 e. The van der Waals surface area contributed by atoms with Gasteiger partial charge in [-0.05, 0) is 37.3 Å². The lowest BCUT2D eigenvalue weighted by atomic mass is 9.84. The molecule has 3 rings (SSSR count). The van der Waals surface area contributed by atoms with Crippen molar-refractivity contribution in [1.29, 1.82) is 0 Å². The Hall–Kier alpha value is -2.51. The molecule has 8 heteroatoms. The normalized spacial score (nSPS) is 25.2. The summed E-state index contributed by atoms with van der Waals surface area (Å²) in [5.41, 5.74) is 0.453. The van der Waals surface area contributed by atoms with Crippen LogP contribution >= 0.6 is 0 Å². The summed E-state index contributed by atoms with van der Waals surface area (Å²) < 4.78 is 25.3. The number of carbonyl (C=O) groups excluding carboxylic acids is 2. The minimum Gasteiger partial charge on any atom is -0.480 e. The lowest BCUT2D eigenvalue weighted by Crippen LogP contribution is -2.53. The first-order chi connectivity index (χ1) is 13.4. The SMILES string of the molecule is O=C(O)C(CC(F)F)NC(=O)C1CC2CCCCC2N1C(=O)c1ccccc1. The van der Waals surface area contributed by atoms with Crippen LogP contribution in [0.1, 0.15) is 48.9 Å². The van der Waals surface area contributed by atoms with Crippen LogP contribution in [-0.2, 0) is 9.59 Å². The van der Waals surface area contributed by atoms with E-state index in [1.807, 2.05) is 0 Å². The lowest BCUT2D eigenvalue weighted by molar-refractivity contribution is -0.143. The third-order valence-corrected chi connectivity index (χ3v) is 5.67. The number of hydrogen-bond acceptors (Lipinski definition) is 3. The summed E-state index contributed by atoms with van der Waals surface area (Å²) in [5, 5.41) is 11.4. The lowest BCUT2D eigenvalue weighted by Gasteiger charge is -2.34. The molecular formula is C20H24F2N2O4. The van der Waals surface area contributed by atoms with Crippen LogP contribution in [0.15, 0.2) is 30.3 Å². The zero-order chi connectivity index (χ0) is 20.3. The molecule has 0 aromatic heterocycles. The second-order valence-corrected chi connectivity index (χ2v) is 7.47. The van der Waals surface area contributed by atoms with Crippen LogP contribution in [0.3, 0.4) is 0 Å². The highest BCUT2D eigenvalue weighted by Gasteiger charge is 2.48. The molecule has 1 saturated carbocycles. The van der Waals surface area contributed by atoms with Crippen LogP contribution in [-0.4, -0.2) is 52.3 Å². The van der Waals surface area contributed by atoms with Crippen LogP contribution in [0.4, 0.5) is 8.78 Å². The maximum Gasteiger partial charge on any atom is 0.326 e. The average molecular weight is 394 g/mol. The highest BCUT2D eigenvalue weighted by molar-refractivity contribution is 5.98. The van der Waals surface area contributed by atoms with Gasteiger partial charge in [0.15, 0.2) is 0 Å². The van der Waals surface area contributed by atoms with Crippen LogP contribution in [0, 0.1) is 5.92 Å². The maximum atomic E-state index is 13.1. The number of nitrogens with one attached hydrogen (secondary N) is 1. The van der Waals surface area contributed by atoms with E-state index in [1.54, 1.807) is 35.2 Å². The van der Waals surface area contributed by atoms with Crippen LogP contribution in [0.2, 0.25) is 0 Å². The molecule has 152 valence electrons. The van der Waals surface area contributed by atoms with Gasteiger partial charge in [-0.3, -0.25) is 9.59 Å². The van der Waals surface area contributed by atoms with Crippen molar-refractivity contribution in [2.75, 3.05) is 0 Å². The average Bonchev–Trinajstić information content (AvgIpc) is 3.06.